The molecule has 1 aliphatic carbocycles. The van der Waals surface area contributed by atoms with Gasteiger partial charge in [0.1, 0.15) is 5.84 Å². The van der Waals surface area contributed by atoms with Gasteiger partial charge in [-0.2, -0.15) is 4.99 Å². The van der Waals surface area contributed by atoms with Crippen LogP contribution in [0.15, 0.2) is 17.6 Å². The fourth-order valence-corrected chi connectivity index (χ4v) is 2.87. The Labute approximate surface area is 103 Å². The number of hydrogen-bond acceptors (Lipinski definition) is 2. The Morgan fingerprint density at radius 1 is 1.41 bits per heavy atom. The van der Waals surface area contributed by atoms with Crippen LogP contribution in [0.4, 0.5) is 4.79 Å². The number of amides is 2. The van der Waals surface area contributed by atoms with Crippen molar-refractivity contribution in [1.29, 1.82) is 0 Å². The van der Waals surface area contributed by atoms with Crippen LogP contribution in [0.3, 0.4) is 0 Å². The van der Waals surface area contributed by atoms with Gasteiger partial charge >= 0.3 is 6.03 Å². The summed E-state index contributed by atoms with van der Waals surface area (Å²) in [6, 6.07) is -0.202. The minimum Gasteiger partial charge on any atom is -0.385 e. The lowest BCUT2D eigenvalue weighted by Crippen LogP contribution is -2.42. The first-order chi connectivity index (χ1) is 8.22. The lowest BCUT2D eigenvalue weighted by atomic mass is 9.84. The van der Waals surface area contributed by atoms with Crippen LogP contribution in [0, 0.1) is 5.92 Å². The van der Waals surface area contributed by atoms with Crippen molar-refractivity contribution in [3.63, 3.8) is 0 Å². The molecule has 2 aliphatic rings. The summed E-state index contributed by atoms with van der Waals surface area (Å²) in [7, 11) is 0. The summed E-state index contributed by atoms with van der Waals surface area (Å²) < 4.78 is 0. The van der Waals surface area contributed by atoms with E-state index in [9.17, 15) is 4.79 Å². The molecule has 4 heteroatoms. The van der Waals surface area contributed by atoms with E-state index in [-0.39, 0.29) is 12.1 Å². The Hall–Kier alpha value is -1.32. The van der Waals surface area contributed by atoms with Crippen molar-refractivity contribution in [3.05, 3.63) is 12.7 Å². The molecule has 0 aromatic heterocycles. The Morgan fingerprint density at radius 3 is 2.76 bits per heavy atom. The lowest BCUT2D eigenvalue weighted by Gasteiger charge is -2.29. The fraction of sp³-hybridized carbons (Fsp3) is 0.692. The van der Waals surface area contributed by atoms with E-state index < -0.39 is 0 Å². The van der Waals surface area contributed by atoms with Crippen LogP contribution in [-0.4, -0.2) is 29.4 Å². The first-order valence-corrected chi connectivity index (χ1v) is 6.48. The minimum atomic E-state index is -0.205. The third-order valence-electron chi connectivity index (χ3n) is 3.80. The van der Waals surface area contributed by atoms with E-state index in [4.69, 9.17) is 5.73 Å². The zero-order valence-corrected chi connectivity index (χ0v) is 10.3. The van der Waals surface area contributed by atoms with Crippen LogP contribution in [0.25, 0.3) is 0 Å². The third kappa shape index (κ3) is 2.68. The minimum absolute atomic E-state index is 0.00333. The van der Waals surface area contributed by atoms with Crippen LogP contribution in [-0.2, 0) is 0 Å². The van der Waals surface area contributed by atoms with Gasteiger partial charge in [0.2, 0.25) is 0 Å². The number of aliphatic imine (C=N–C) groups is 1. The summed E-state index contributed by atoms with van der Waals surface area (Å²) in [6.07, 6.45) is 9.20. The highest BCUT2D eigenvalue weighted by molar-refractivity contribution is 6.02. The SMILES string of the molecule is C=CCN1C(=O)N=C(N)C1CC1CCCCC1. The van der Waals surface area contributed by atoms with Crippen molar-refractivity contribution in [2.75, 3.05) is 6.54 Å². The van der Waals surface area contributed by atoms with Crippen molar-refractivity contribution in [3.8, 4) is 0 Å². The Balaban J connectivity index is 1.99. The molecule has 0 saturated heterocycles. The molecule has 0 radical (unpaired) electrons. The highest BCUT2D eigenvalue weighted by Crippen LogP contribution is 2.30. The molecule has 4 nitrogen and oxygen atoms in total. The predicted octanol–water partition coefficient (Wildman–Crippen LogP) is 2.30. The van der Waals surface area contributed by atoms with E-state index in [0.717, 1.165) is 6.42 Å². The predicted molar refractivity (Wildman–Crippen MR) is 68.9 cm³/mol. The molecule has 17 heavy (non-hydrogen) atoms. The number of rotatable bonds is 4. The molecule has 1 saturated carbocycles. The summed E-state index contributed by atoms with van der Waals surface area (Å²) in [5.74, 6) is 1.18. The van der Waals surface area contributed by atoms with Crippen LogP contribution < -0.4 is 5.73 Å². The fourth-order valence-electron chi connectivity index (χ4n) is 2.87. The van der Waals surface area contributed by atoms with Gasteiger partial charge in [0.15, 0.2) is 0 Å². The summed E-state index contributed by atoms with van der Waals surface area (Å²) in [5, 5.41) is 0. The van der Waals surface area contributed by atoms with Crippen LogP contribution in [0.2, 0.25) is 0 Å². The average molecular weight is 235 g/mol. The highest BCUT2D eigenvalue weighted by Gasteiger charge is 2.34. The maximum Gasteiger partial charge on any atom is 0.346 e. The van der Waals surface area contributed by atoms with Gasteiger partial charge in [-0.05, 0) is 12.3 Å². The molecule has 1 fully saturated rings. The monoisotopic (exact) mass is 235 g/mol. The molecule has 2 rings (SSSR count). The molecular weight excluding hydrogens is 214 g/mol. The van der Waals surface area contributed by atoms with Gasteiger partial charge in [0.25, 0.3) is 0 Å². The third-order valence-corrected chi connectivity index (χ3v) is 3.80. The van der Waals surface area contributed by atoms with Crippen LogP contribution in [0.5, 0.6) is 0 Å². The van der Waals surface area contributed by atoms with E-state index in [1.807, 2.05) is 0 Å². The number of amidine groups is 1. The number of nitrogens with zero attached hydrogens (tertiary/aromatic N) is 2. The number of urea groups is 1. The maximum absolute atomic E-state index is 11.6. The maximum atomic E-state index is 11.6. The van der Waals surface area contributed by atoms with Gasteiger partial charge in [-0.1, -0.05) is 38.2 Å². The molecular formula is C13H21N3O. The smallest absolute Gasteiger partial charge is 0.346 e. The molecule has 1 heterocycles. The van der Waals surface area contributed by atoms with Crippen LogP contribution >= 0.6 is 0 Å². The standard InChI is InChI=1S/C13H21N3O/c1-2-8-16-11(12(14)15-13(16)17)9-10-6-4-3-5-7-10/h2,10-11H,1,3-9H2,(H2,14,15,17). The second-order valence-corrected chi connectivity index (χ2v) is 5.02. The van der Waals surface area contributed by atoms with Crippen molar-refractivity contribution >= 4 is 11.9 Å². The van der Waals surface area contributed by atoms with E-state index >= 15 is 0 Å². The summed E-state index contributed by atoms with van der Waals surface area (Å²) in [6.45, 7) is 4.22. The second kappa shape index (κ2) is 5.34. The Morgan fingerprint density at radius 2 is 2.12 bits per heavy atom. The van der Waals surface area contributed by atoms with Crippen molar-refractivity contribution in [2.24, 2.45) is 16.6 Å². The van der Waals surface area contributed by atoms with Gasteiger partial charge in [-0.3, -0.25) is 0 Å². The summed E-state index contributed by atoms with van der Waals surface area (Å²) in [5.41, 5.74) is 5.86. The van der Waals surface area contributed by atoms with Crippen molar-refractivity contribution in [2.45, 2.75) is 44.6 Å². The zero-order chi connectivity index (χ0) is 12.3. The number of carbonyl (C=O) groups is 1. The Bertz CT molecular complexity index is 332. The second-order valence-electron chi connectivity index (χ2n) is 5.02. The molecule has 2 N–H and O–H groups in total. The topological polar surface area (TPSA) is 58.7 Å². The molecule has 2 amide bonds. The summed E-state index contributed by atoms with van der Waals surface area (Å²) in [4.78, 5) is 17.2. The van der Waals surface area contributed by atoms with Crippen molar-refractivity contribution in [1.82, 2.24) is 4.90 Å². The number of nitrogens with two attached hydrogens (primary N) is 1. The van der Waals surface area contributed by atoms with E-state index in [1.165, 1.54) is 32.1 Å². The first-order valence-electron chi connectivity index (χ1n) is 6.48. The molecule has 1 aliphatic heterocycles. The number of hydrogen-bond donors (Lipinski definition) is 1. The van der Waals surface area contributed by atoms with Crippen molar-refractivity contribution < 1.29 is 4.79 Å². The van der Waals surface area contributed by atoms with Gasteiger partial charge in [0.05, 0.1) is 6.04 Å². The molecule has 1 unspecified atom stereocenters. The van der Waals surface area contributed by atoms with E-state index in [2.05, 4.69) is 11.6 Å². The average Bonchev–Trinajstić information content (AvgIpc) is 2.58. The molecule has 94 valence electrons. The van der Waals surface area contributed by atoms with Gasteiger partial charge in [0, 0.05) is 6.54 Å². The highest BCUT2D eigenvalue weighted by atomic mass is 16.2. The Kier molecular flexibility index (Phi) is 3.82. The normalized spacial score (nSPS) is 26.1. The molecule has 1 atom stereocenters. The first kappa shape index (κ1) is 12.1. The largest absolute Gasteiger partial charge is 0.385 e. The van der Waals surface area contributed by atoms with Gasteiger partial charge in [-0.15, -0.1) is 6.58 Å². The molecule has 0 bridgehead atoms. The van der Waals surface area contributed by atoms with Gasteiger partial charge in [-0.25, -0.2) is 4.79 Å². The van der Waals surface area contributed by atoms with Gasteiger partial charge < -0.3 is 10.6 Å². The quantitative estimate of drug-likeness (QED) is 0.760. The van der Waals surface area contributed by atoms with Crippen LogP contribution in [0.1, 0.15) is 38.5 Å². The lowest BCUT2D eigenvalue weighted by molar-refractivity contribution is 0.200. The molecule has 0 aromatic carbocycles. The summed E-state index contributed by atoms with van der Waals surface area (Å²) >= 11 is 0. The number of carbonyl (C=O) groups excluding carboxylic acids is 1. The zero-order valence-electron chi connectivity index (χ0n) is 10.3. The van der Waals surface area contributed by atoms with E-state index in [1.54, 1.807) is 11.0 Å². The molecule has 0 aromatic rings. The van der Waals surface area contributed by atoms with E-state index in [0.29, 0.717) is 18.3 Å². The molecule has 0 spiro atoms.